The molecule has 0 amide bonds. The third-order valence-corrected chi connectivity index (χ3v) is 5.79. The first kappa shape index (κ1) is 21.7. The molecule has 0 saturated carbocycles. The lowest BCUT2D eigenvalue weighted by Crippen LogP contribution is -2.39. The first-order chi connectivity index (χ1) is 15.5. The van der Waals surface area contributed by atoms with Crippen molar-refractivity contribution in [3.05, 3.63) is 117 Å². The number of rotatable bonds is 6. The van der Waals surface area contributed by atoms with E-state index in [9.17, 15) is 9.18 Å². The molecule has 4 rings (SSSR count). The van der Waals surface area contributed by atoms with Crippen LogP contribution in [-0.2, 0) is 19.6 Å². The van der Waals surface area contributed by atoms with Crippen molar-refractivity contribution in [1.29, 1.82) is 0 Å². The Bertz CT molecular complexity index is 1290. The van der Waals surface area contributed by atoms with Crippen LogP contribution >= 0.6 is 12.2 Å². The van der Waals surface area contributed by atoms with E-state index in [2.05, 4.69) is 10.3 Å². The maximum Gasteiger partial charge on any atom is 0.253 e. The average Bonchev–Trinajstić information content (AvgIpc) is 2.80. The topological polar surface area (TPSA) is 48.1 Å². The van der Waals surface area contributed by atoms with Crippen LogP contribution in [-0.4, -0.2) is 15.0 Å². The molecule has 1 heterocycles. The molecule has 0 radical (unpaired) electrons. The van der Waals surface area contributed by atoms with Gasteiger partial charge in [-0.25, -0.2) is 4.39 Å². The normalized spacial score (nSPS) is 10.8. The molecule has 3 aromatic carbocycles. The number of aromatic amines is 1. The molecule has 32 heavy (non-hydrogen) atoms. The van der Waals surface area contributed by atoms with Gasteiger partial charge in [0.25, 0.3) is 5.56 Å². The monoisotopic (exact) mass is 445 g/mol. The summed E-state index contributed by atoms with van der Waals surface area (Å²) in [7, 11) is 0. The highest BCUT2D eigenvalue weighted by Crippen LogP contribution is 2.17. The summed E-state index contributed by atoms with van der Waals surface area (Å²) in [5.41, 5.74) is 4.36. The predicted molar refractivity (Wildman–Crippen MR) is 131 cm³/mol. The molecule has 1 aromatic heterocycles. The Morgan fingerprint density at radius 2 is 1.72 bits per heavy atom. The van der Waals surface area contributed by atoms with Gasteiger partial charge < -0.3 is 15.2 Å². The Balaban J connectivity index is 1.60. The summed E-state index contributed by atoms with van der Waals surface area (Å²) in [6, 6.07) is 24.1. The minimum Gasteiger partial charge on any atom is -0.358 e. The summed E-state index contributed by atoms with van der Waals surface area (Å²) in [4.78, 5) is 17.8. The van der Waals surface area contributed by atoms with Gasteiger partial charge in [-0.15, -0.1) is 0 Å². The summed E-state index contributed by atoms with van der Waals surface area (Å²) < 4.78 is 13.4. The van der Waals surface area contributed by atoms with Crippen molar-refractivity contribution in [3.8, 4) is 0 Å². The van der Waals surface area contributed by atoms with Gasteiger partial charge >= 0.3 is 0 Å². The van der Waals surface area contributed by atoms with Crippen LogP contribution in [0.15, 0.2) is 83.7 Å². The molecule has 0 bridgehead atoms. The van der Waals surface area contributed by atoms with Crippen LogP contribution in [0.4, 0.5) is 4.39 Å². The van der Waals surface area contributed by atoms with Crippen LogP contribution in [0, 0.1) is 12.7 Å². The quantitative estimate of drug-likeness (QED) is 0.408. The zero-order chi connectivity index (χ0) is 22.5. The minimum atomic E-state index is -0.286. The van der Waals surface area contributed by atoms with Crippen LogP contribution in [0.2, 0.25) is 0 Å². The van der Waals surface area contributed by atoms with Gasteiger partial charge in [0.05, 0.1) is 12.1 Å². The van der Waals surface area contributed by atoms with Crippen LogP contribution in [0.3, 0.4) is 0 Å². The van der Waals surface area contributed by atoms with Crippen molar-refractivity contribution in [2.45, 2.75) is 26.6 Å². The number of hydrogen-bond donors (Lipinski definition) is 2. The van der Waals surface area contributed by atoms with Gasteiger partial charge in [-0.2, -0.15) is 0 Å². The third-order valence-electron chi connectivity index (χ3n) is 5.39. The molecule has 0 fully saturated rings. The van der Waals surface area contributed by atoms with Crippen molar-refractivity contribution in [2.24, 2.45) is 0 Å². The summed E-state index contributed by atoms with van der Waals surface area (Å²) in [6.07, 6.45) is 0. The number of thiocarbonyl (C=S) groups is 1. The van der Waals surface area contributed by atoms with E-state index in [0.29, 0.717) is 30.3 Å². The molecular formula is C26H24FN3OS. The fourth-order valence-electron chi connectivity index (χ4n) is 3.65. The molecule has 0 aliphatic rings. The number of pyridine rings is 1. The number of para-hydroxylation sites is 1. The van der Waals surface area contributed by atoms with Crippen molar-refractivity contribution in [3.63, 3.8) is 0 Å². The van der Waals surface area contributed by atoms with E-state index < -0.39 is 0 Å². The smallest absolute Gasteiger partial charge is 0.253 e. The van der Waals surface area contributed by atoms with Crippen molar-refractivity contribution < 1.29 is 4.39 Å². The SMILES string of the molecule is Cc1cccc2cc(CN(Cc3ccc(F)cc3)C(=S)NCc3ccccc3)c(=O)[nH]c12. The standard InChI is InChI=1S/C26H24FN3OS/c1-18-6-5-9-21-14-22(25(31)29-24(18)21)17-30(16-20-10-12-23(27)13-11-20)26(32)28-15-19-7-3-2-4-8-19/h2-14H,15-17H2,1H3,(H,28,32)(H,29,31). The van der Waals surface area contributed by atoms with Gasteiger partial charge in [0, 0.05) is 18.7 Å². The first-order valence-corrected chi connectivity index (χ1v) is 10.8. The fourth-order valence-corrected chi connectivity index (χ4v) is 3.85. The molecule has 162 valence electrons. The number of H-pyrrole nitrogens is 1. The number of fused-ring (bicyclic) bond motifs is 1. The Hall–Kier alpha value is -3.51. The van der Waals surface area contributed by atoms with Gasteiger partial charge in [-0.3, -0.25) is 4.79 Å². The van der Waals surface area contributed by atoms with Crippen LogP contribution in [0.25, 0.3) is 10.9 Å². The van der Waals surface area contributed by atoms with E-state index in [4.69, 9.17) is 12.2 Å². The van der Waals surface area contributed by atoms with E-state index in [1.54, 1.807) is 12.1 Å². The van der Waals surface area contributed by atoms with E-state index in [0.717, 1.165) is 27.6 Å². The summed E-state index contributed by atoms with van der Waals surface area (Å²) in [5, 5.41) is 4.79. The van der Waals surface area contributed by atoms with Crippen molar-refractivity contribution >= 4 is 28.2 Å². The summed E-state index contributed by atoms with van der Waals surface area (Å²) in [6.45, 7) is 3.33. The lowest BCUT2D eigenvalue weighted by molar-refractivity contribution is 0.397. The molecule has 0 aliphatic carbocycles. The fraction of sp³-hybridized carbons (Fsp3) is 0.154. The maximum atomic E-state index is 13.4. The number of aromatic nitrogens is 1. The molecule has 0 saturated heterocycles. The van der Waals surface area contributed by atoms with Crippen molar-refractivity contribution in [2.75, 3.05) is 0 Å². The number of benzene rings is 3. The number of halogens is 1. The van der Waals surface area contributed by atoms with E-state index in [-0.39, 0.29) is 11.4 Å². The van der Waals surface area contributed by atoms with Crippen LogP contribution in [0.1, 0.15) is 22.3 Å². The number of nitrogens with zero attached hydrogens (tertiary/aromatic N) is 1. The van der Waals surface area contributed by atoms with Crippen LogP contribution < -0.4 is 10.9 Å². The highest BCUT2D eigenvalue weighted by molar-refractivity contribution is 7.80. The predicted octanol–water partition coefficient (Wildman–Crippen LogP) is 5.05. The maximum absolute atomic E-state index is 13.4. The van der Waals surface area contributed by atoms with Gasteiger partial charge in [-0.05, 0) is 59.4 Å². The zero-order valence-corrected chi connectivity index (χ0v) is 18.6. The molecule has 6 heteroatoms. The second-order valence-corrected chi connectivity index (χ2v) is 8.18. The van der Waals surface area contributed by atoms with Gasteiger partial charge in [0.2, 0.25) is 0 Å². The Kier molecular flexibility index (Phi) is 6.61. The number of hydrogen-bond acceptors (Lipinski definition) is 2. The Morgan fingerprint density at radius 1 is 0.969 bits per heavy atom. The molecule has 0 atom stereocenters. The molecule has 0 spiro atoms. The van der Waals surface area contributed by atoms with E-state index in [1.165, 1.54) is 12.1 Å². The average molecular weight is 446 g/mol. The minimum absolute atomic E-state index is 0.137. The zero-order valence-electron chi connectivity index (χ0n) is 17.8. The second kappa shape index (κ2) is 9.75. The lowest BCUT2D eigenvalue weighted by atomic mass is 10.1. The molecule has 4 aromatic rings. The van der Waals surface area contributed by atoms with E-state index in [1.807, 2.05) is 66.4 Å². The van der Waals surface area contributed by atoms with Gasteiger partial charge in [-0.1, -0.05) is 60.7 Å². The molecular weight excluding hydrogens is 421 g/mol. The largest absolute Gasteiger partial charge is 0.358 e. The van der Waals surface area contributed by atoms with Crippen LogP contribution in [0.5, 0.6) is 0 Å². The highest BCUT2D eigenvalue weighted by Gasteiger charge is 2.15. The highest BCUT2D eigenvalue weighted by atomic mass is 32.1. The lowest BCUT2D eigenvalue weighted by Gasteiger charge is -2.26. The first-order valence-electron chi connectivity index (χ1n) is 10.4. The Labute approximate surface area is 191 Å². The molecule has 0 unspecified atom stereocenters. The molecule has 4 nitrogen and oxygen atoms in total. The Morgan fingerprint density at radius 3 is 2.47 bits per heavy atom. The molecule has 0 aliphatic heterocycles. The van der Waals surface area contributed by atoms with Crippen molar-refractivity contribution in [1.82, 2.24) is 15.2 Å². The summed E-state index contributed by atoms with van der Waals surface area (Å²) >= 11 is 5.69. The van der Waals surface area contributed by atoms with Gasteiger partial charge in [0.1, 0.15) is 5.82 Å². The van der Waals surface area contributed by atoms with Gasteiger partial charge in [0.15, 0.2) is 5.11 Å². The summed E-state index contributed by atoms with van der Waals surface area (Å²) in [5.74, 6) is -0.286. The number of aryl methyl sites for hydroxylation is 1. The number of nitrogens with one attached hydrogen (secondary N) is 2. The second-order valence-electron chi connectivity index (χ2n) is 7.79. The van der Waals surface area contributed by atoms with E-state index >= 15 is 0 Å². The third kappa shape index (κ3) is 5.21. The molecule has 2 N–H and O–H groups in total.